The number of oxazole rings is 1. The van der Waals surface area contributed by atoms with Crippen molar-refractivity contribution in [3.63, 3.8) is 0 Å². The predicted octanol–water partition coefficient (Wildman–Crippen LogP) is 15.2. The number of aryl methyl sites for hydroxylation is 3. The van der Waals surface area contributed by atoms with Gasteiger partial charge in [0.05, 0.1) is 16.9 Å². The van der Waals surface area contributed by atoms with Gasteiger partial charge in [-0.15, -0.1) is 0 Å². The number of hydrogen-bond donors (Lipinski definition) is 0. The Balaban J connectivity index is 0.000000244. The minimum absolute atomic E-state index is 0.588. The molecule has 0 bridgehead atoms. The van der Waals surface area contributed by atoms with Gasteiger partial charge in [-0.05, 0) is 92.6 Å². The molecule has 2 aromatic heterocycles. The molecule has 3 heterocycles. The summed E-state index contributed by atoms with van der Waals surface area (Å²) in [7, 11) is 0. The highest BCUT2D eigenvalue weighted by atomic mass is 32.2. The van der Waals surface area contributed by atoms with E-state index < -0.39 is 0 Å². The molecule has 0 atom stereocenters. The molecule has 0 spiro atoms. The first-order valence-corrected chi connectivity index (χ1v) is 21.6. The summed E-state index contributed by atoms with van der Waals surface area (Å²) in [6, 6.07) is 65.2. The Morgan fingerprint density at radius 2 is 1.00 bits per heavy atom. The zero-order valence-electron chi connectivity index (χ0n) is 33.4. The topological polar surface area (TPSA) is 47.1 Å². The summed E-state index contributed by atoms with van der Waals surface area (Å²) in [5.74, 6) is 1.45. The third-order valence-electron chi connectivity index (χ3n) is 10.8. The fraction of sp³-hybridized carbons (Fsp3) is 0.0566. The summed E-state index contributed by atoms with van der Waals surface area (Å²) in [6.45, 7) is 6.40. The molecular weight excluding hydrogens is 773 g/mol. The van der Waals surface area contributed by atoms with Gasteiger partial charge < -0.3 is 9.32 Å². The molecular formula is C53H40N4OS2. The largest absolute Gasteiger partial charge is 0.436 e. The maximum absolute atomic E-state index is 6.67. The van der Waals surface area contributed by atoms with Crippen LogP contribution in [0.25, 0.3) is 50.7 Å². The minimum Gasteiger partial charge on any atom is -0.436 e. The normalized spacial score (nSPS) is 11.9. The van der Waals surface area contributed by atoms with Gasteiger partial charge in [0.25, 0.3) is 0 Å². The molecule has 1 aliphatic rings. The van der Waals surface area contributed by atoms with Crippen LogP contribution in [0.5, 0.6) is 0 Å². The molecule has 60 heavy (non-hydrogen) atoms. The van der Waals surface area contributed by atoms with Crippen molar-refractivity contribution in [3.05, 3.63) is 205 Å². The van der Waals surface area contributed by atoms with E-state index in [-0.39, 0.29) is 0 Å². The van der Waals surface area contributed by atoms with E-state index in [1.165, 1.54) is 30.7 Å². The van der Waals surface area contributed by atoms with Gasteiger partial charge >= 0.3 is 0 Å². The van der Waals surface area contributed by atoms with Crippen LogP contribution in [0, 0.1) is 20.8 Å². The predicted molar refractivity (Wildman–Crippen MR) is 250 cm³/mol. The molecule has 0 N–H and O–H groups in total. The number of para-hydroxylation sites is 3. The second kappa shape index (κ2) is 16.1. The summed E-state index contributed by atoms with van der Waals surface area (Å²) in [5.41, 5.74) is 13.2. The number of fused-ring (bicyclic) bond motifs is 4. The molecule has 0 aliphatic carbocycles. The van der Waals surface area contributed by atoms with Crippen LogP contribution in [0.3, 0.4) is 0 Å². The number of anilines is 3. The number of aromatic nitrogens is 3. The van der Waals surface area contributed by atoms with Gasteiger partial charge in [0.1, 0.15) is 22.5 Å². The average molecular weight is 813 g/mol. The lowest BCUT2D eigenvalue weighted by Gasteiger charge is -2.33. The van der Waals surface area contributed by atoms with Gasteiger partial charge in [0.2, 0.25) is 5.89 Å². The average Bonchev–Trinajstić information content (AvgIpc) is 3.93. The maximum atomic E-state index is 6.67. The molecule has 10 aromatic rings. The van der Waals surface area contributed by atoms with Crippen molar-refractivity contribution in [3.8, 4) is 28.5 Å². The second-order valence-electron chi connectivity index (χ2n) is 14.7. The Labute approximate surface area is 358 Å². The maximum Gasteiger partial charge on any atom is 0.227 e. The highest BCUT2D eigenvalue weighted by Crippen LogP contribution is 2.55. The van der Waals surface area contributed by atoms with Crippen LogP contribution in [-0.4, -0.2) is 14.5 Å². The standard InChI is InChI=1S/C39H26N4OS.C14H14S/c1-25-33-35(42(28-19-9-4-10-20-28)38(40-33)26-15-5-2-6-16-26)36(34-37(25)44-39(41-34)27-17-7-3-8-18-27)43-29-21-11-13-23-31(29)45-32-24-14-12-22-30(32)43;1-11-7-3-5-9-13(11)15-14-10-6-4-8-12(14)2/h2-24H,1H3;3-10H,1-2H3. The van der Waals surface area contributed by atoms with Crippen molar-refractivity contribution < 1.29 is 4.42 Å². The van der Waals surface area contributed by atoms with Gasteiger partial charge in [-0.3, -0.25) is 4.57 Å². The molecule has 1 aliphatic heterocycles. The van der Waals surface area contributed by atoms with Gasteiger partial charge in [-0.25, -0.2) is 9.97 Å². The van der Waals surface area contributed by atoms with Crippen LogP contribution in [0.15, 0.2) is 212 Å². The van der Waals surface area contributed by atoms with Crippen LogP contribution in [0.2, 0.25) is 0 Å². The molecule has 290 valence electrons. The molecule has 7 heteroatoms. The highest BCUT2D eigenvalue weighted by molar-refractivity contribution is 8.00. The van der Waals surface area contributed by atoms with Gasteiger partial charge in [-0.1, -0.05) is 151 Å². The first-order valence-electron chi connectivity index (χ1n) is 20.0. The van der Waals surface area contributed by atoms with E-state index in [0.29, 0.717) is 5.89 Å². The van der Waals surface area contributed by atoms with Crippen molar-refractivity contribution in [2.45, 2.75) is 40.4 Å². The summed E-state index contributed by atoms with van der Waals surface area (Å²) < 4.78 is 8.96. The first kappa shape index (κ1) is 37.5. The van der Waals surface area contributed by atoms with E-state index in [1.807, 2.05) is 54.2 Å². The van der Waals surface area contributed by atoms with Crippen LogP contribution >= 0.6 is 23.5 Å². The summed E-state index contributed by atoms with van der Waals surface area (Å²) in [4.78, 5) is 18.1. The summed E-state index contributed by atoms with van der Waals surface area (Å²) in [5, 5.41) is 0. The Kier molecular flexibility index (Phi) is 10.1. The molecule has 0 fully saturated rings. The quantitative estimate of drug-likeness (QED) is 0.167. The van der Waals surface area contributed by atoms with Crippen molar-refractivity contribution in [2.75, 3.05) is 4.90 Å². The lowest BCUT2D eigenvalue weighted by Crippen LogP contribution is -2.16. The van der Waals surface area contributed by atoms with Crippen LogP contribution in [-0.2, 0) is 0 Å². The van der Waals surface area contributed by atoms with E-state index in [1.54, 1.807) is 11.8 Å². The van der Waals surface area contributed by atoms with Crippen LogP contribution in [0.4, 0.5) is 17.1 Å². The molecule has 8 aromatic carbocycles. The summed E-state index contributed by atoms with van der Waals surface area (Å²) >= 11 is 3.63. The fourth-order valence-electron chi connectivity index (χ4n) is 7.79. The Bertz CT molecular complexity index is 3050. The van der Waals surface area contributed by atoms with Gasteiger partial charge in [0.15, 0.2) is 5.58 Å². The molecule has 0 unspecified atom stereocenters. The van der Waals surface area contributed by atoms with Crippen LogP contribution < -0.4 is 4.90 Å². The van der Waals surface area contributed by atoms with Gasteiger partial charge in [0, 0.05) is 42.0 Å². The monoisotopic (exact) mass is 812 g/mol. The number of rotatable bonds is 6. The van der Waals surface area contributed by atoms with Crippen molar-refractivity contribution in [1.82, 2.24) is 14.5 Å². The van der Waals surface area contributed by atoms with E-state index in [0.717, 1.165) is 67.4 Å². The zero-order chi connectivity index (χ0) is 40.6. The smallest absolute Gasteiger partial charge is 0.227 e. The van der Waals surface area contributed by atoms with E-state index in [2.05, 4.69) is 176 Å². The number of nitrogens with zero attached hydrogens (tertiary/aromatic N) is 4. The Morgan fingerprint density at radius 1 is 0.500 bits per heavy atom. The van der Waals surface area contributed by atoms with Crippen LogP contribution in [0.1, 0.15) is 16.7 Å². The third-order valence-corrected chi connectivity index (χ3v) is 13.3. The molecule has 0 amide bonds. The molecule has 5 nitrogen and oxygen atoms in total. The minimum atomic E-state index is 0.588. The third kappa shape index (κ3) is 6.85. The SMILES string of the molecule is Cc1c2nc(-c3ccccc3)n(-c3ccccc3)c2c(N2c3ccccc3Sc3ccccc32)c2nc(-c3ccccc3)oc12.Cc1ccccc1Sc1ccccc1C. The highest BCUT2D eigenvalue weighted by Gasteiger charge is 2.33. The molecule has 11 rings (SSSR count). The Morgan fingerprint density at radius 3 is 1.58 bits per heavy atom. The lowest BCUT2D eigenvalue weighted by atomic mass is 10.1. The number of hydrogen-bond acceptors (Lipinski definition) is 6. The van der Waals surface area contributed by atoms with Crippen molar-refractivity contribution >= 4 is 62.7 Å². The summed E-state index contributed by atoms with van der Waals surface area (Å²) in [6.07, 6.45) is 0. The molecule has 0 radical (unpaired) electrons. The lowest BCUT2D eigenvalue weighted by molar-refractivity contribution is 0.618. The fourth-order valence-corrected chi connectivity index (χ4v) is 9.83. The van der Waals surface area contributed by atoms with E-state index in [4.69, 9.17) is 14.4 Å². The number of benzene rings is 8. The van der Waals surface area contributed by atoms with Crippen molar-refractivity contribution in [1.29, 1.82) is 0 Å². The Hall–Kier alpha value is -6.80. The van der Waals surface area contributed by atoms with E-state index >= 15 is 0 Å². The number of imidazole rings is 1. The zero-order valence-corrected chi connectivity index (χ0v) is 35.0. The van der Waals surface area contributed by atoms with Crippen molar-refractivity contribution in [2.24, 2.45) is 0 Å². The molecule has 0 saturated carbocycles. The van der Waals surface area contributed by atoms with E-state index in [9.17, 15) is 0 Å². The first-order chi connectivity index (χ1) is 29.5. The second-order valence-corrected chi connectivity index (χ2v) is 16.9. The molecule has 0 saturated heterocycles. The van der Waals surface area contributed by atoms with Gasteiger partial charge in [-0.2, -0.15) is 0 Å².